The molecule has 1 fully saturated rings. The summed E-state index contributed by atoms with van der Waals surface area (Å²) in [6.07, 6.45) is 0.614. The van der Waals surface area contributed by atoms with Gasteiger partial charge in [-0.15, -0.1) is 0 Å². The van der Waals surface area contributed by atoms with Crippen LogP contribution < -0.4 is 10.1 Å². The fraction of sp³-hybridized carbons (Fsp3) is 0.556. The zero-order valence-corrected chi connectivity index (χ0v) is 14.9. The Morgan fingerprint density at radius 1 is 1.33 bits per heavy atom. The monoisotopic (exact) mass is 330 g/mol. The minimum Gasteiger partial charge on any atom is -0.493 e. The topological polar surface area (TPSA) is 63.4 Å². The average Bonchev–Trinajstić information content (AvgIpc) is 3.01. The van der Waals surface area contributed by atoms with Gasteiger partial charge < -0.3 is 14.6 Å². The molecule has 24 heavy (non-hydrogen) atoms. The van der Waals surface area contributed by atoms with E-state index >= 15 is 0 Å². The van der Waals surface area contributed by atoms with Gasteiger partial charge in [-0.25, -0.2) is 0 Å². The second-order valence-electron chi connectivity index (χ2n) is 6.55. The average molecular weight is 330 g/mol. The Morgan fingerprint density at radius 2 is 2.17 bits per heavy atom. The quantitative estimate of drug-likeness (QED) is 0.907. The van der Waals surface area contributed by atoms with Crippen LogP contribution in [0.2, 0.25) is 0 Å². The molecule has 1 atom stereocenters. The van der Waals surface area contributed by atoms with E-state index in [0.717, 1.165) is 31.2 Å². The van der Waals surface area contributed by atoms with E-state index in [2.05, 4.69) is 60.3 Å². The first-order valence-corrected chi connectivity index (χ1v) is 8.48. The Bertz CT molecular complexity index is 698. The number of nitrogens with one attached hydrogen (secondary N) is 1. The summed E-state index contributed by atoms with van der Waals surface area (Å²) < 4.78 is 11.3. The summed E-state index contributed by atoms with van der Waals surface area (Å²) in [5.74, 6) is 2.32. The van der Waals surface area contributed by atoms with E-state index in [1.54, 1.807) is 0 Å². The molecular weight excluding hydrogens is 304 g/mol. The summed E-state index contributed by atoms with van der Waals surface area (Å²) in [7, 11) is 2.09. The van der Waals surface area contributed by atoms with E-state index in [1.165, 1.54) is 16.7 Å². The summed E-state index contributed by atoms with van der Waals surface area (Å²) in [4.78, 5) is 6.78. The van der Waals surface area contributed by atoms with Gasteiger partial charge in [0.2, 0.25) is 5.89 Å². The molecular formula is C18H26N4O2. The maximum atomic E-state index is 5.93. The highest BCUT2D eigenvalue weighted by Crippen LogP contribution is 2.23. The van der Waals surface area contributed by atoms with Crippen LogP contribution >= 0.6 is 0 Å². The van der Waals surface area contributed by atoms with E-state index in [1.807, 2.05) is 0 Å². The minimum absolute atomic E-state index is 0.179. The van der Waals surface area contributed by atoms with Crippen molar-refractivity contribution in [2.75, 3.05) is 33.3 Å². The fourth-order valence-corrected chi connectivity index (χ4v) is 3.00. The lowest BCUT2D eigenvalue weighted by Gasteiger charge is -2.30. The number of hydrogen-bond donors (Lipinski definition) is 1. The number of benzene rings is 1. The van der Waals surface area contributed by atoms with E-state index in [9.17, 15) is 0 Å². The molecule has 0 radical (unpaired) electrons. The molecule has 1 aromatic carbocycles. The largest absolute Gasteiger partial charge is 0.493 e. The third-order valence-corrected chi connectivity index (χ3v) is 4.63. The summed E-state index contributed by atoms with van der Waals surface area (Å²) >= 11 is 0. The first-order valence-electron chi connectivity index (χ1n) is 8.48. The highest BCUT2D eigenvalue weighted by atomic mass is 16.5. The summed E-state index contributed by atoms with van der Waals surface area (Å²) in [5, 5.41) is 7.50. The first kappa shape index (κ1) is 16.9. The zero-order valence-electron chi connectivity index (χ0n) is 14.9. The molecule has 0 saturated carbocycles. The lowest BCUT2D eigenvalue weighted by atomic mass is 10.1. The number of ether oxygens (including phenoxy) is 1. The molecule has 0 spiro atoms. The van der Waals surface area contributed by atoms with Crippen molar-refractivity contribution in [2.45, 2.75) is 33.2 Å². The summed E-state index contributed by atoms with van der Waals surface area (Å²) in [5.41, 5.74) is 3.64. The molecule has 1 aliphatic heterocycles. The minimum atomic E-state index is 0.179. The van der Waals surface area contributed by atoms with Crippen LogP contribution in [0.3, 0.4) is 0 Å². The maximum absolute atomic E-state index is 5.93. The molecule has 1 saturated heterocycles. The van der Waals surface area contributed by atoms with Gasteiger partial charge in [-0.3, -0.25) is 4.90 Å². The second-order valence-corrected chi connectivity index (χ2v) is 6.55. The van der Waals surface area contributed by atoms with E-state index in [0.29, 0.717) is 18.9 Å². The van der Waals surface area contributed by atoms with Crippen LogP contribution in [-0.4, -0.2) is 48.3 Å². The Hall–Kier alpha value is -1.92. The summed E-state index contributed by atoms with van der Waals surface area (Å²) in [6.45, 7) is 9.65. The van der Waals surface area contributed by atoms with Crippen molar-refractivity contribution in [3.8, 4) is 5.75 Å². The highest BCUT2D eigenvalue weighted by Gasteiger charge is 2.25. The molecule has 1 aromatic heterocycles. The van der Waals surface area contributed by atoms with Crippen molar-refractivity contribution >= 4 is 0 Å². The maximum Gasteiger partial charge on any atom is 0.230 e. The number of rotatable bonds is 5. The Balaban J connectivity index is 1.58. The number of aryl methyl sites for hydroxylation is 2. The van der Waals surface area contributed by atoms with Gasteiger partial charge in [-0.2, -0.15) is 4.98 Å². The summed E-state index contributed by atoms with van der Waals surface area (Å²) in [6, 6.07) is 4.42. The second kappa shape index (κ2) is 7.32. The van der Waals surface area contributed by atoms with Crippen molar-refractivity contribution in [3.63, 3.8) is 0 Å². The highest BCUT2D eigenvalue weighted by molar-refractivity contribution is 5.41. The number of hydrogen-bond acceptors (Lipinski definition) is 6. The Labute approximate surface area is 143 Å². The molecule has 0 aliphatic carbocycles. The van der Waals surface area contributed by atoms with E-state index in [4.69, 9.17) is 9.26 Å². The predicted molar refractivity (Wildman–Crippen MR) is 92.4 cm³/mol. The van der Waals surface area contributed by atoms with Gasteiger partial charge in [-0.05, 0) is 50.6 Å². The lowest BCUT2D eigenvalue weighted by Crippen LogP contribution is -2.44. The molecule has 2 heterocycles. The van der Waals surface area contributed by atoms with Gasteiger partial charge in [0.1, 0.15) is 5.75 Å². The smallest absolute Gasteiger partial charge is 0.230 e. The Kier molecular flexibility index (Phi) is 5.16. The lowest BCUT2D eigenvalue weighted by molar-refractivity contribution is 0.190. The third-order valence-electron chi connectivity index (χ3n) is 4.63. The number of piperazine rings is 1. The molecule has 130 valence electrons. The molecule has 6 heteroatoms. The molecule has 1 N–H and O–H groups in total. The van der Waals surface area contributed by atoms with Gasteiger partial charge in [0.05, 0.1) is 19.1 Å². The van der Waals surface area contributed by atoms with Crippen molar-refractivity contribution in [2.24, 2.45) is 0 Å². The van der Waals surface area contributed by atoms with Gasteiger partial charge in [0, 0.05) is 19.6 Å². The van der Waals surface area contributed by atoms with Crippen molar-refractivity contribution in [3.05, 3.63) is 40.5 Å². The molecule has 6 nitrogen and oxygen atoms in total. The van der Waals surface area contributed by atoms with Crippen LogP contribution in [0.1, 0.15) is 34.4 Å². The van der Waals surface area contributed by atoms with Gasteiger partial charge >= 0.3 is 0 Å². The molecule has 1 aliphatic rings. The van der Waals surface area contributed by atoms with Gasteiger partial charge in [0.15, 0.2) is 5.82 Å². The van der Waals surface area contributed by atoms with Crippen molar-refractivity contribution in [1.82, 2.24) is 20.4 Å². The van der Waals surface area contributed by atoms with Gasteiger partial charge in [0.25, 0.3) is 0 Å². The Morgan fingerprint density at radius 3 is 2.96 bits per heavy atom. The SMILES string of the molecule is Cc1cc(C)c(C)c(OCCc2nc(C3CNCCN3C)no2)c1. The molecule has 2 aromatic rings. The van der Waals surface area contributed by atoms with Crippen LogP contribution in [-0.2, 0) is 6.42 Å². The van der Waals surface area contributed by atoms with Crippen LogP contribution in [0, 0.1) is 20.8 Å². The van der Waals surface area contributed by atoms with Crippen LogP contribution in [0.15, 0.2) is 16.7 Å². The number of nitrogens with zero attached hydrogens (tertiary/aromatic N) is 3. The van der Waals surface area contributed by atoms with Crippen molar-refractivity contribution < 1.29 is 9.26 Å². The number of likely N-dealkylation sites (N-methyl/N-ethyl adjacent to an activating group) is 1. The third kappa shape index (κ3) is 3.76. The molecule has 3 rings (SSSR count). The van der Waals surface area contributed by atoms with Gasteiger partial charge in [-0.1, -0.05) is 11.2 Å². The van der Waals surface area contributed by atoms with Crippen LogP contribution in [0.4, 0.5) is 0 Å². The van der Waals surface area contributed by atoms with Crippen molar-refractivity contribution in [1.29, 1.82) is 0 Å². The van der Waals surface area contributed by atoms with E-state index < -0.39 is 0 Å². The number of aromatic nitrogens is 2. The normalized spacial score (nSPS) is 18.8. The fourth-order valence-electron chi connectivity index (χ4n) is 3.00. The molecule has 0 amide bonds. The van der Waals surface area contributed by atoms with E-state index in [-0.39, 0.29) is 6.04 Å². The molecule has 1 unspecified atom stereocenters. The standard InChI is InChI=1S/C18H26N4O2/c1-12-9-13(2)14(3)16(10-12)23-8-5-17-20-18(21-24-17)15-11-19-6-7-22(15)4/h9-10,15,19H,5-8,11H2,1-4H3. The van der Waals surface area contributed by atoms with Crippen LogP contribution in [0.5, 0.6) is 5.75 Å². The first-order chi connectivity index (χ1) is 11.5. The predicted octanol–water partition coefficient (Wildman–Crippen LogP) is 2.19. The molecule has 0 bridgehead atoms. The van der Waals surface area contributed by atoms with Crippen LogP contribution in [0.25, 0.3) is 0 Å². The zero-order chi connectivity index (χ0) is 17.1.